The van der Waals surface area contributed by atoms with E-state index in [1.165, 1.54) is 12.5 Å². The summed E-state index contributed by atoms with van der Waals surface area (Å²) in [7, 11) is 0. The molecule has 5 nitrogen and oxygen atoms in total. The van der Waals surface area contributed by atoms with Crippen molar-refractivity contribution in [1.82, 2.24) is 4.90 Å². The SMILES string of the molecule is CC(=O)c1ccc(NC(=O)C2CCN(C(=O)c3ccc(C)c(C)c3)CC2)cc1. The van der Waals surface area contributed by atoms with Crippen molar-refractivity contribution in [2.24, 2.45) is 5.92 Å². The first-order chi connectivity index (χ1) is 13.3. The maximum atomic E-state index is 12.7. The number of Topliss-reactive ketones (excluding diaryl/α,β-unsaturated/α-hetero) is 1. The Balaban J connectivity index is 1.55. The largest absolute Gasteiger partial charge is 0.339 e. The van der Waals surface area contributed by atoms with Crippen LogP contribution in [0.15, 0.2) is 42.5 Å². The first kappa shape index (κ1) is 19.8. The van der Waals surface area contributed by atoms with E-state index in [-0.39, 0.29) is 23.5 Å². The van der Waals surface area contributed by atoms with Crippen LogP contribution >= 0.6 is 0 Å². The molecule has 0 atom stereocenters. The molecule has 28 heavy (non-hydrogen) atoms. The zero-order chi connectivity index (χ0) is 20.3. The molecule has 0 aromatic heterocycles. The molecule has 0 radical (unpaired) electrons. The molecule has 1 N–H and O–H groups in total. The summed E-state index contributed by atoms with van der Waals surface area (Å²) in [6.07, 6.45) is 1.29. The number of rotatable bonds is 4. The number of nitrogens with zero attached hydrogens (tertiary/aromatic N) is 1. The maximum absolute atomic E-state index is 12.7. The molecule has 5 heteroatoms. The summed E-state index contributed by atoms with van der Waals surface area (Å²) >= 11 is 0. The van der Waals surface area contributed by atoms with E-state index in [1.54, 1.807) is 24.3 Å². The number of aryl methyl sites for hydroxylation is 2. The minimum atomic E-state index is -0.115. The molecule has 1 saturated heterocycles. The molecule has 0 spiro atoms. The van der Waals surface area contributed by atoms with Gasteiger partial charge in [-0.2, -0.15) is 0 Å². The normalized spacial score (nSPS) is 14.6. The molecular weight excluding hydrogens is 352 g/mol. The second-order valence-electron chi connectivity index (χ2n) is 7.49. The average molecular weight is 378 g/mol. The molecule has 1 aliphatic heterocycles. The predicted molar refractivity (Wildman–Crippen MR) is 110 cm³/mol. The monoisotopic (exact) mass is 378 g/mol. The van der Waals surface area contributed by atoms with Crippen LogP contribution < -0.4 is 5.32 Å². The standard InChI is InChI=1S/C23H26N2O3/c1-15-4-5-20(14-16(15)2)23(28)25-12-10-19(11-13-25)22(27)24-21-8-6-18(7-9-21)17(3)26/h4-9,14,19H,10-13H2,1-3H3,(H,24,27). The lowest BCUT2D eigenvalue weighted by Crippen LogP contribution is -2.41. The third kappa shape index (κ3) is 4.47. The zero-order valence-electron chi connectivity index (χ0n) is 16.6. The maximum Gasteiger partial charge on any atom is 0.253 e. The smallest absolute Gasteiger partial charge is 0.253 e. The van der Waals surface area contributed by atoms with Gasteiger partial charge in [0.1, 0.15) is 0 Å². The molecule has 146 valence electrons. The first-order valence-electron chi connectivity index (χ1n) is 9.63. The molecule has 0 aliphatic carbocycles. The van der Waals surface area contributed by atoms with Gasteiger partial charge in [0, 0.05) is 35.8 Å². The Morgan fingerprint density at radius 1 is 0.893 bits per heavy atom. The third-order valence-electron chi connectivity index (χ3n) is 5.47. The van der Waals surface area contributed by atoms with E-state index in [1.807, 2.05) is 36.9 Å². The fourth-order valence-corrected chi connectivity index (χ4v) is 3.43. The predicted octanol–water partition coefficient (Wildman–Crippen LogP) is 4.00. The van der Waals surface area contributed by atoms with Gasteiger partial charge < -0.3 is 10.2 Å². The molecule has 0 unspecified atom stereocenters. The number of likely N-dealkylation sites (tertiary alicyclic amines) is 1. The number of amides is 2. The van der Waals surface area contributed by atoms with E-state index in [9.17, 15) is 14.4 Å². The number of carbonyl (C=O) groups excluding carboxylic acids is 3. The number of hydrogen-bond acceptors (Lipinski definition) is 3. The number of nitrogens with one attached hydrogen (secondary N) is 1. The zero-order valence-corrected chi connectivity index (χ0v) is 16.6. The number of ketones is 1. The highest BCUT2D eigenvalue weighted by Crippen LogP contribution is 2.22. The first-order valence-corrected chi connectivity index (χ1v) is 9.63. The number of carbonyl (C=O) groups is 3. The van der Waals surface area contributed by atoms with Gasteiger partial charge in [0.15, 0.2) is 5.78 Å². The molecule has 1 heterocycles. The molecule has 2 aromatic rings. The molecule has 3 rings (SSSR count). The van der Waals surface area contributed by atoms with Crippen molar-refractivity contribution >= 4 is 23.3 Å². The van der Waals surface area contributed by atoms with Gasteiger partial charge in [0.05, 0.1) is 0 Å². The summed E-state index contributed by atoms with van der Waals surface area (Å²) < 4.78 is 0. The van der Waals surface area contributed by atoms with Crippen molar-refractivity contribution in [3.8, 4) is 0 Å². The van der Waals surface area contributed by atoms with Gasteiger partial charge in [-0.05, 0) is 81.1 Å². The van der Waals surface area contributed by atoms with Crippen LogP contribution in [0.4, 0.5) is 5.69 Å². The number of piperidine rings is 1. The lowest BCUT2D eigenvalue weighted by atomic mass is 9.95. The Hall–Kier alpha value is -2.95. The Morgan fingerprint density at radius 2 is 1.50 bits per heavy atom. The van der Waals surface area contributed by atoms with E-state index >= 15 is 0 Å². The van der Waals surface area contributed by atoms with Gasteiger partial charge in [-0.15, -0.1) is 0 Å². The highest BCUT2D eigenvalue weighted by molar-refractivity contribution is 5.97. The Morgan fingerprint density at radius 3 is 2.07 bits per heavy atom. The molecule has 1 fully saturated rings. The summed E-state index contributed by atoms with van der Waals surface area (Å²) in [5.74, 6) is -0.120. The van der Waals surface area contributed by atoms with Gasteiger partial charge >= 0.3 is 0 Å². The van der Waals surface area contributed by atoms with Crippen molar-refractivity contribution in [3.05, 3.63) is 64.7 Å². The van der Waals surface area contributed by atoms with Crippen molar-refractivity contribution in [3.63, 3.8) is 0 Å². The molecule has 1 aliphatic rings. The van der Waals surface area contributed by atoms with Gasteiger partial charge in [-0.3, -0.25) is 14.4 Å². The minimum absolute atomic E-state index is 0.00122. The van der Waals surface area contributed by atoms with Crippen LogP contribution in [0, 0.1) is 19.8 Å². The second-order valence-corrected chi connectivity index (χ2v) is 7.49. The van der Waals surface area contributed by atoms with Crippen molar-refractivity contribution in [2.45, 2.75) is 33.6 Å². The third-order valence-corrected chi connectivity index (χ3v) is 5.47. The van der Waals surface area contributed by atoms with Crippen LogP contribution in [-0.4, -0.2) is 35.6 Å². The topological polar surface area (TPSA) is 66.5 Å². The summed E-state index contributed by atoms with van der Waals surface area (Å²) in [5, 5.41) is 2.91. The van der Waals surface area contributed by atoms with Crippen LogP contribution in [0.25, 0.3) is 0 Å². The summed E-state index contributed by atoms with van der Waals surface area (Å²) in [6.45, 7) is 6.70. The number of hydrogen-bond donors (Lipinski definition) is 1. The lowest BCUT2D eigenvalue weighted by Gasteiger charge is -2.31. The van der Waals surface area contributed by atoms with Crippen LogP contribution in [0.5, 0.6) is 0 Å². The molecular formula is C23H26N2O3. The fourth-order valence-electron chi connectivity index (χ4n) is 3.43. The van der Waals surface area contributed by atoms with Gasteiger partial charge in [0.2, 0.25) is 5.91 Å². The Labute approximate surface area is 165 Å². The van der Waals surface area contributed by atoms with Crippen LogP contribution in [0.3, 0.4) is 0 Å². The van der Waals surface area contributed by atoms with Crippen molar-refractivity contribution < 1.29 is 14.4 Å². The van der Waals surface area contributed by atoms with Gasteiger partial charge in [0.25, 0.3) is 5.91 Å². The number of anilines is 1. The Bertz CT molecular complexity index is 895. The van der Waals surface area contributed by atoms with E-state index in [4.69, 9.17) is 0 Å². The highest BCUT2D eigenvalue weighted by atomic mass is 16.2. The van der Waals surface area contributed by atoms with E-state index in [0.717, 1.165) is 5.56 Å². The fraction of sp³-hybridized carbons (Fsp3) is 0.348. The molecule has 0 saturated carbocycles. The Kier molecular flexibility index (Phi) is 5.93. The van der Waals surface area contributed by atoms with E-state index in [0.29, 0.717) is 42.7 Å². The van der Waals surface area contributed by atoms with Crippen molar-refractivity contribution in [1.29, 1.82) is 0 Å². The molecule has 2 aromatic carbocycles. The summed E-state index contributed by atoms with van der Waals surface area (Å²) in [5.41, 5.74) is 4.29. The molecule has 2 amide bonds. The summed E-state index contributed by atoms with van der Waals surface area (Å²) in [6, 6.07) is 12.7. The minimum Gasteiger partial charge on any atom is -0.339 e. The quantitative estimate of drug-likeness (QED) is 0.818. The number of benzene rings is 2. The van der Waals surface area contributed by atoms with Crippen LogP contribution in [0.1, 0.15) is 51.6 Å². The van der Waals surface area contributed by atoms with Crippen LogP contribution in [0.2, 0.25) is 0 Å². The second kappa shape index (κ2) is 8.38. The van der Waals surface area contributed by atoms with E-state index in [2.05, 4.69) is 5.32 Å². The highest BCUT2D eigenvalue weighted by Gasteiger charge is 2.28. The van der Waals surface area contributed by atoms with Crippen LogP contribution in [-0.2, 0) is 4.79 Å². The van der Waals surface area contributed by atoms with Gasteiger partial charge in [-0.25, -0.2) is 0 Å². The van der Waals surface area contributed by atoms with Crippen molar-refractivity contribution in [2.75, 3.05) is 18.4 Å². The summed E-state index contributed by atoms with van der Waals surface area (Å²) in [4.78, 5) is 38.4. The van der Waals surface area contributed by atoms with E-state index < -0.39 is 0 Å². The van der Waals surface area contributed by atoms with Gasteiger partial charge in [-0.1, -0.05) is 6.07 Å². The average Bonchev–Trinajstić information content (AvgIpc) is 2.70. The lowest BCUT2D eigenvalue weighted by molar-refractivity contribution is -0.121. The molecule has 0 bridgehead atoms.